The molecule has 1 aliphatic heterocycles. The number of anilines is 1. The monoisotopic (exact) mass is 229 g/mol. The van der Waals surface area contributed by atoms with Crippen LogP contribution in [0.15, 0.2) is 30.9 Å². The van der Waals surface area contributed by atoms with Gasteiger partial charge in [-0.15, -0.1) is 6.58 Å². The standard InChI is InChI=1S/C15H19NO/c1-3-4-5-9-16-10-8-14-11-13(12(2)17)6-7-15(14)16/h3,6-7,11H,1,4-5,8-10H2,2H3. The van der Waals surface area contributed by atoms with Gasteiger partial charge in [-0.05, 0) is 49.9 Å². The quantitative estimate of drug-likeness (QED) is 0.439. The number of benzene rings is 1. The van der Waals surface area contributed by atoms with Gasteiger partial charge in [0.1, 0.15) is 0 Å². The molecule has 2 rings (SSSR count). The first-order valence-electron chi connectivity index (χ1n) is 6.22. The largest absolute Gasteiger partial charge is 0.371 e. The van der Waals surface area contributed by atoms with Gasteiger partial charge in [0.05, 0.1) is 0 Å². The van der Waals surface area contributed by atoms with Crippen LogP contribution in [-0.4, -0.2) is 18.9 Å². The summed E-state index contributed by atoms with van der Waals surface area (Å²) in [5, 5.41) is 0. The number of fused-ring (bicyclic) bond motifs is 1. The van der Waals surface area contributed by atoms with Crippen molar-refractivity contribution in [1.82, 2.24) is 0 Å². The van der Waals surface area contributed by atoms with Gasteiger partial charge in [-0.1, -0.05) is 6.08 Å². The van der Waals surface area contributed by atoms with Crippen LogP contribution in [0.1, 0.15) is 35.7 Å². The minimum absolute atomic E-state index is 0.151. The Morgan fingerprint density at radius 3 is 3.06 bits per heavy atom. The number of Topliss-reactive ketones (excluding diaryl/α,β-unsaturated/α-hetero) is 1. The summed E-state index contributed by atoms with van der Waals surface area (Å²) in [4.78, 5) is 13.7. The third-order valence-corrected chi connectivity index (χ3v) is 3.31. The Labute approximate surface area is 103 Å². The molecule has 1 aromatic rings. The summed E-state index contributed by atoms with van der Waals surface area (Å²) in [5.74, 6) is 0.151. The van der Waals surface area contributed by atoms with E-state index >= 15 is 0 Å². The number of rotatable bonds is 5. The normalized spacial score (nSPS) is 13.6. The van der Waals surface area contributed by atoms with Gasteiger partial charge in [-0.2, -0.15) is 0 Å². The Morgan fingerprint density at radius 2 is 2.35 bits per heavy atom. The summed E-state index contributed by atoms with van der Waals surface area (Å²) in [6, 6.07) is 6.07. The van der Waals surface area contributed by atoms with Gasteiger partial charge in [-0.25, -0.2) is 0 Å². The molecule has 2 nitrogen and oxygen atoms in total. The van der Waals surface area contributed by atoms with E-state index in [4.69, 9.17) is 0 Å². The molecule has 0 saturated heterocycles. The lowest BCUT2D eigenvalue weighted by Crippen LogP contribution is -2.21. The summed E-state index contributed by atoms with van der Waals surface area (Å²) in [6.45, 7) is 7.53. The molecule has 0 aliphatic carbocycles. The highest BCUT2D eigenvalue weighted by atomic mass is 16.1. The van der Waals surface area contributed by atoms with Crippen LogP contribution in [0, 0.1) is 0 Å². The second-order valence-electron chi connectivity index (χ2n) is 4.57. The van der Waals surface area contributed by atoms with Crippen LogP contribution in [0.4, 0.5) is 5.69 Å². The summed E-state index contributed by atoms with van der Waals surface area (Å²) >= 11 is 0. The van der Waals surface area contributed by atoms with Crippen molar-refractivity contribution < 1.29 is 4.79 Å². The molecule has 1 aliphatic rings. The summed E-state index contributed by atoms with van der Waals surface area (Å²) in [5.41, 5.74) is 3.45. The third-order valence-electron chi connectivity index (χ3n) is 3.31. The number of carbonyl (C=O) groups excluding carboxylic acids is 1. The Bertz CT molecular complexity index is 437. The number of ketones is 1. The molecule has 0 N–H and O–H groups in total. The first-order chi connectivity index (χ1) is 8.22. The fourth-order valence-corrected chi connectivity index (χ4v) is 2.35. The lowest BCUT2D eigenvalue weighted by Gasteiger charge is -2.18. The predicted octanol–water partition coefficient (Wildman–Crippen LogP) is 3.22. The van der Waals surface area contributed by atoms with Crippen molar-refractivity contribution in [2.75, 3.05) is 18.0 Å². The highest BCUT2D eigenvalue weighted by molar-refractivity contribution is 5.94. The molecular weight excluding hydrogens is 210 g/mol. The smallest absolute Gasteiger partial charge is 0.159 e. The number of hydrogen-bond acceptors (Lipinski definition) is 2. The van der Waals surface area contributed by atoms with Crippen LogP contribution in [0.5, 0.6) is 0 Å². The van der Waals surface area contributed by atoms with Gasteiger partial charge in [0.25, 0.3) is 0 Å². The molecule has 2 heteroatoms. The van der Waals surface area contributed by atoms with Gasteiger partial charge in [-0.3, -0.25) is 4.79 Å². The average molecular weight is 229 g/mol. The lowest BCUT2D eigenvalue weighted by atomic mass is 10.1. The van der Waals surface area contributed by atoms with Gasteiger partial charge in [0, 0.05) is 24.3 Å². The molecular formula is C15H19NO. The zero-order valence-corrected chi connectivity index (χ0v) is 10.4. The molecule has 1 heterocycles. The van der Waals surface area contributed by atoms with Crippen LogP contribution in [0.3, 0.4) is 0 Å². The van der Waals surface area contributed by atoms with Crippen molar-refractivity contribution in [1.29, 1.82) is 0 Å². The summed E-state index contributed by atoms with van der Waals surface area (Å²) in [7, 11) is 0. The second kappa shape index (κ2) is 5.17. The number of hydrogen-bond donors (Lipinski definition) is 0. The zero-order valence-electron chi connectivity index (χ0n) is 10.4. The molecule has 0 bridgehead atoms. The molecule has 0 saturated carbocycles. The van der Waals surface area contributed by atoms with E-state index in [1.54, 1.807) is 6.92 Å². The van der Waals surface area contributed by atoms with Crippen LogP contribution >= 0.6 is 0 Å². The molecule has 0 unspecified atom stereocenters. The average Bonchev–Trinajstić information content (AvgIpc) is 2.72. The number of carbonyl (C=O) groups is 1. The van der Waals surface area contributed by atoms with Crippen molar-refractivity contribution in [2.24, 2.45) is 0 Å². The molecule has 0 amide bonds. The van der Waals surface area contributed by atoms with Gasteiger partial charge in [0.2, 0.25) is 0 Å². The van der Waals surface area contributed by atoms with Gasteiger partial charge >= 0.3 is 0 Å². The fraction of sp³-hybridized carbons (Fsp3) is 0.400. The first kappa shape index (κ1) is 11.9. The third kappa shape index (κ3) is 2.57. The maximum absolute atomic E-state index is 11.3. The van der Waals surface area contributed by atoms with Crippen LogP contribution in [0.2, 0.25) is 0 Å². The Hall–Kier alpha value is -1.57. The molecule has 17 heavy (non-hydrogen) atoms. The van der Waals surface area contributed by atoms with E-state index in [-0.39, 0.29) is 5.78 Å². The van der Waals surface area contributed by atoms with Crippen molar-refractivity contribution >= 4 is 11.5 Å². The molecule has 0 spiro atoms. The molecule has 0 radical (unpaired) electrons. The van der Waals surface area contributed by atoms with E-state index in [0.29, 0.717) is 0 Å². The molecule has 1 aromatic carbocycles. The maximum atomic E-state index is 11.3. The minimum atomic E-state index is 0.151. The summed E-state index contributed by atoms with van der Waals surface area (Å²) in [6.07, 6.45) is 5.25. The van der Waals surface area contributed by atoms with Gasteiger partial charge in [0.15, 0.2) is 5.78 Å². The zero-order chi connectivity index (χ0) is 12.3. The highest BCUT2D eigenvalue weighted by Crippen LogP contribution is 2.29. The van der Waals surface area contributed by atoms with E-state index in [0.717, 1.165) is 37.9 Å². The number of unbranched alkanes of at least 4 members (excludes halogenated alkanes) is 1. The first-order valence-corrected chi connectivity index (χ1v) is 6.22. The Kier molecular flexibility index (Phi) is 3.62. The number of allylic oxidation sites excluding steroid dienone is 1. The maximum Gasteiger partial charge on any atom is 0.159 e. The van der Waals surface area contributed by atoms with Crippen molar-refractivity contribution in [3.63, 3.8) is 0 Å². The SMILES string of the molecule is C=CCCCN1CCc2cc(C(C)=O)ccc21. The van der Waals surface area contributed by atoms with E-state index < -0.39 is 0 Å². The van der Waals surface area contributed by atoms with E-state index in [9.17, 15) is 4.79 Å². The molecule has 0 atom stereocenters. The second-order valence-corrected chi connectivity index (χ2v) is 4.57. The van der Waals surface area contributed by atoms with E-state index in [1.807, 2.05) is 18.2 Å². The minimum Gasteiger partial charge on any atom is -0.371 e. The molecule has 0 aromatic heterocycles. The lowest BCUT2D eigenvalue weighted by molar-refractivity contribution is 0.101. The van der Waals surface area contributed by atoms with Crippen molar-refractivity contribution in [3.05, 3.63) is 42.0 Å². The van der Waals surface area contributed by atoms with Gasteiger partial charge < -0.3 is 4.90 Å². The fourth-order valence-electron chi connectivity index (χ4n) is 2.35. The van der Waals surface area contributed by atoms with E-state index in [1.165, 1.54) is 11.3 Å². The van der Waals surface area contributed by atoms with Crippen LogP contribution < -0.4 is 4.90 Å². The van der Waals surface area contributed by atoms with Crippen molar-refractivity contribution in [2.45, 2.75) is 26.2 Å². The van der Waals surface area contributed by atoms with E-state index in [2.05, 4.69) is 17.5 Å². The Balaban J connectivity index is 2.10. The molecule has 0 fully saturated rings. The highest BCUT2D eigenvalue weighted by Gasteiger charge is 2.19. The summed E-state index contributed by atoms with van der Waals surface area (Å²) < 4.78 is 0. The van der Waals surface area contributed by atoms with Crippen LogP contribution in [0.25, 0.3) is 0 Å². The predicted molar refractivity (Wildman–Crippen MR) is 71.8 cm³/mol. The number of nitrogens with zero attached hydrogens (tertiary/aromatic N) is 1. The topological polar surface area (TPSA) is 20.3 Å². The van der Waals surface area contributed by atoms with Crippen LogP contribution in [-0.2, 0) is 6.42 Å². The Morgan fingerprint density at radius 1 is 1.53 bits per heavy atom. The van der Waals surface area contributed by atoms with Crippen molar-refractivity contribution in [3.8, 4) is 0 Å². The molecule has 90 valence electrons.